The third kappa shape index (κ3) is 3.20. The molecule has 0 spiro atoms. The van der Waals surface area contributed by atoms with Gasteiger partial charge in [-0.15, -0.1) is 0 Å². The second-order valence-electron chi connectivity index (χ2n) is 4.37. The summed E-state index contributed by atoms with van der Waals surface area (Å²) < 4.78 is 22.7. The summed E-state index contributed by atoms with van der Waals surface area (Å²) in [5.41, 5.74) is 0.894. The predicted molar refractivity (Wildman–Crippen MR) is 64.1 cm³/mol. The van der Waals surface area contributed by atoms with Gasteiger partial charge in [0.1, 0.15) is 0 Å². The zero-order valence-corrected chi connectivity index (χ0v) is 10.1. The minimum atomic E-state index is -3.18. The lowest BCUT2D eigenvalue weighted by Crippen LogP contribution is -2.25. The molecule has 0 aliphatic heterocycles. The minimum Gasteiger partial charge on any atom is -0.224 e. The lowest BCUT2D eigenvalue weighted by atomic mass is 10.2. The first-order valence-corrected chi connectivity index (χ1v) is 6.35. The van der Waals surface area contributed by atoms with Crippen molar-refractivity contribution in [2.45, 2.75) is 25.5 Å². The van der Waals surface area contributed by atoms with Crippen molar-refractivity contribution < 1.29 is 8.42 Å². The molecule has 0 atom stereocenters. The molecule has 1 aromatic carbocycles. The van der Waals surface area contributed by atoms with Crippen LogP contribution in [0.15, 0.2) is 35.7 Å². The summed E-state index contributed by atoms with van der Waals surface area (Å²) >= 11 is 0. The maximum absolute atomic E-state index is 11.7. The van der Waals surface area contributed by atoms with Crippen molar-refractivity contribution in [2.24, 2.45) is 0 Å². The van der Waals surface area contributed by atoms with Crippen LogP contribution in [-0.4, -0.2) is 13.2 Å². The van der Waals surface area contributed by atoms with Crippen molar-refractivity contribution in [3.05, 3.63) is 41.3 Å². The van der Waals surface area contributed by atoms with Crippen molar-refractivity contribution >= 4 is 15.9 Å². The van der Waals surface area contributed by atoms with Crippen LogP contribution in [0.25, 0.3) is 6.08 Å². The Kier molecular flexibility index (Phi) is 3.35. The Morgan fingerprint density at radius 3 is 2.07 bits per heavy atom. The van der Waals surface area contributed by atoms with Crippen molar-refractivity contribution in [3.8, 4) is 0 Å². The lowest BCUT2D eigenvalue weighted by Gasteiger charge is -2.15. The second kappa shape index (κ2) is 4.19. The molecule has 0 N–H and O–H groups in total. The zero-order chi connectivity index (χ0) is 11.5. The van der Waals surface area contributed by atoms with Crippen molar-refractivity contribution in [1.82, 2.24) is 0 Å². The van der Waals surface area contributed by atoms with E-state index in [0.29, 0.717) is 0 Å². The molecule has 0 fully saturated rings. The summed E-state index contributed by atoms with van der Waals surface area (Å²) in [5, 5.41) is 1.28. The highest BCUT2D eigenvalue weighted by Gasteiger charge is 2.25. The fraction of sp³-hybridized carbons (Fsp3) is 0.333. The normalized spacial score (nSPS) is 13.3. The summed E-state index contributed by atoms with van der Waals surface area (Å²) in [7, 11) is -3.18. The molecule has 0 radical (unpaired) electrons. The minimum absolute atomic E-state index is 0.738. The van der Waals surface area contributed by atoms with Gasteiger partial charge in [0.05, 0.1) is 4.75 Å². The van der Waals surface area contributed by atoms with E-state index in [2.05, 4.69) is 0 Å². The Labute approximate surface area is 91.6 Å². The van der Waals surface area contributed by atoms with Crippen LogP contribution in [0.5, 0.6) is 0 Å². The molecule has 0 heterocycles. The van der Waals surface area contributed by atoms with Crippen molar-refractivity contribution in [3.63, 3.8) is 0 Å². The van der Waals surface area contributed by atoms with E-state index < -0.39 is 14.6 Å². The first-order chi connectivity index (χ1) is 6.83. The van der Waals surface area contributed by atoms with Crippen LogP contribution < -0.4 is 0 Å². The van der Waals surface area contributed by atoms with E-state index in [1.807, 2.05) is 30.3 Å². The molecule has 0 aromatic heterocycles. The standard InChI is InChI=1S/C12H16O2S/c1-12(2,3)15(13,14)10-9-11-7-5-4-6-8-11/h4-10H,1-3H3. The zero-order valence-electron chi connectivity index (χ0n) is 9.27. The van der Waals surface area contributed by atoms with E-state index >= 15 is 0 Å². The topological polar surface area (TPSA) is 34.1 Å². The maximum atomic E-state index is 11.7. The largest absolute Gasteiger partial charge is 0.224 e. The lowest BCUT2D eigenvalue weighted by molar-refractivity contribution is 0.570. The van der Waals surface area contributed by atoms with E-state index in [-0.39, 0.29) is 0 Å². The van der Waals surface area contributed by atoms with Gasteiger partial charge in [-0.3, -0.25) is 0 Å². The molecule has 0 aliphatic carbocycles. The van der Waals surface area contributed by atoms with Crippen LogP contribution in [0.1, 0.15) is 26.3 Å². The Hall–Kier alpha value is -1.09. The van der Waals surface area contributed by atoms with E-state index in [1.165, 1.54) is 5.41 Å². The summed E-state index contributed by atoms with van der Waals surface area (Å²) in [6, 6.07) is 9.39. The summed E-state index contributed by atoms with van der Waals surface area (Å²) in [5.74, 6) is 0. The van der Waals surface area contributed by atoms with Gasteiger partial charge in [-0.05, 0) is 32.4 Å². The highest BCUT2D eigenvalue weighted by Crippen LogP contribution is 2.18. The number of rotatable bonds is 2. The molecule has 1 aromatic rings. The SMILES string of the molecule is CC(C)(C)S(=O)(=O)C=Cc1ccccc1. The molecule has 0 saturated carbocycles. The van der Waals surface area contributed by atoms with E-state index in [0.717, 1.165) is 5.56 Å². The van der Waals surface area contributed by atoms with Gasteiger partial charge in [0.25, 0.3) is 0 Å². The van der Waals surface area contributed by atoms with Crippen LogP contribution in [0.2, 0.25) is 0 Å². The second-order valence-corrected chi connectivity index (χ2v) is 6.96. The highest BCUT2D eigenvalue weighted by molar-refractivity contribution is 7.95. The first-order valence-electron chi connectivity index (χ1n) is 4.81. The van der Waals surface area contributed by atoms with Crippen LogP contribution in [0.3, 0.4) is 0 Å². The van der Waals surface area contributed by atoms with Crippen LogP contribution in [-0.2, 0) is 9.84 Å². The predicted octanol–water partition coefficient (Wildman–Crippen LogP) is 2.87. The fourth-order valence-corrected chi connectivity index (χ4v) is 1.68. The van der Waals surface area contributed by atoms with Gasteiger partial charge in [0.15, 0.2) is 9.84 Å². The Balaban J connectivity index is 2.93. The summed E-state index contributed by atoms with van der Waals surface area (Å²) in [4.78, 5) is 0. The van der Waals surface area contributed by atoms with E-state index in [9.17, 15) is 8.42 Å². The van der Waals surface area contributed by atoms with Gasteiger partial charge in [-0.1, -0.05) is 30.3 Å². The summed E-state index contributed by atoms with van der Waals surface area (Å²) in [6.45, 7) is 5.08. The third-order valence-corrected chi connectivity index (χ3v) is 4.29. The number of sulfone groups is 1. The van der Waals surface area contributed by atoms with Gasteiger partial charge in [-0.25, -0.2) is 8.42 Å². The Bertz CT molecular complexity index is 436. The molecule has 0 unspecified atom stereocenters. The highest BCUT2D eigenvalue weighted by atomic mass is 32.2. The molecule has 15 heavy (non-hydrogen) atoms. The Morgan fingerprint density at radius 2 is 1.60 bits per heavy atom. The maximum Gasteiger partial charge on any atom is 0.176 e. The van der Waals surface area contributed by atoms with Gasteiger partial charge in [0, 0.05) is 5.41 Å². The number of benzene rings is 1. The average Bonchev–Trinajstić information content (AvgIpc) is 2.15. The molecule has 1 rings (SSSR count). The van der Waals surface area contributed by atoms with Gasteiger partial charge >= 0.3 is 0 Å². The third-order valence-electron chi connectivity index (χ3n) is 2.09. The Morgan fingerprint density at radius 1 is 1.07 bits per heavy atom. The average molecular weight is 224 g/mol. The van der Waals surface area contributed by atoms with Gasteiger partial charge < -0.3 is 0 Å². The first kappa shape index (κ1) is 12.0. The van der Waals surface area contributed by atoms with Crippen LogP contribution >= 0.6 is 0 Å². The number of hydrogen-bond donors (Lipinski definition) is 0. The van der Waals surface area contributed by atoms with Crippen molar-refractivity contribution in [2.75, 3.05) is 0 Å². The quantitative estimate of drug-likeness (QED) is 0.774. The van der Waals surface area contributed by atoms with E-state index in [1.54, 1.807) is 26.8 Å². The monoisotopic (exact) mass is 224 g/mol. The molecule has 0 aliphatic rings. The van der Waals surface area contributed by atoms with Crippen molar-refractivity contribution in [1.29, 1.82) is 0 Å². The molecular formula is C12H16O2S. The van der Waals surface area contributed by atoms with Gasteiger partial charge in [-0.2, -0.15) is 0 Å². The smallest absolute Gasteiger partial charge is 0.176 e. The molecule has 3 heteroatoms. The fourth-order valence-electron chi connectivity index (χ4n) is 0.936. The molecular weight excluding hydrogens is 208 g/mol. The van der Waals surface area contributed by atoms with E-state index in [4.69, 9.17) is 0 Å². The van der Waals surface area contributed by atoms with Gasteiger partial charge in [0.2, 0.25) is 0 Å². The molecule has 0 bridgehead atoms. The van der Waals surface area contributed by atoms with Crippen LogP contribution in [0, 0.1) is 0 Å². The molecule has 82 valence electrons. The molecule has 0 saturated heterocycles. The molecule has 0 amide bonds. The van der Waals surface area contributed by atoms with Crippen LogP contribution in [0.4, 0.5) is 0 Å². The molecule has 2 nitrogen and oxygen atoms in total. The number of hydrogen-bond acceptors (Lipinski definition) is 2. The summed E-state index contributed by atoms with van der Waals surface area (Å²) in [6.07, 6.45) is 1.63.